The molecule has 0 fully saturated rings. The molecule has 116 valence electrons. The van der Waals surface area contributed by atoms with Crippen LogP contribution in [0.15, 0.2) is 66.9 Å². The Morgan fingerprint density at radius 1 is 1.00 bits per heavy atom. The quantitative estimate of drug-likeness (QED) is 0.478. The van der Waals surface area contributed by atoms with Crippen LogP contribution < -0.4 is 10.1 Å². The number of rotatable bonds is 4. The van der Waals surface area contributed by atoms with Crippen LogP contribution in [0.25, 0.3) is 0 Å². The third-order valence-electron chi connectivity index (χ3n) is 3.61. The number of carbonyl (C=O) groups is 1. The Morgan fingerprint density at radius 3 is 2.30 bits per heavy atom. The van der Waals surface area contributed by atoms with Crippen molar-refractivity contribution in [1.29, 1.82) is 0 Å². The topological polar surface area (TPSA) is 20.3 Å². The van der Waals surface area contributed by atoms with E-state index in [0.717, 1.165) is 17.7 Å². The largest absolute Gasteiger partial charge is 0.290 e. The van der Waals surface area contributed by atoms with E-state index in [1.807, 2.05) is 43.3 Å². The highest BCUT2D eigenvalue weighted by Crippen LogP contribution is 2.19. The number of amides is 1. The highest BCUT2D eigenvalue weighted by atomic mass is 28.3. The number of anilines is 1. The summed E-state index contributed by atoms with van der Waals surface area (Å²) in [4.78, 5) is 12.9. The maximum atomic E-state index is 11.3. The lowest BCUT2D eigenvalue weighted by Crippen LogP contribution is -2.39. The average Bonchev–Trinajstić information content (AvgIpc) is 2.59. The van der Waals surface area contributed by atoms with Crippen molar-refractivity contribution in [3.05, 3.63) is 72.4 Å². The molecule has 0 radical (unpaired) electrons. The molecular weight excluding hydrogens is 298 g/mol. The fourth-order valence-corrected chi connectivity index (χ4v) is 3.91. The van der Waals surface area contributed by atoms with E-state index in [0.29, 0.717) is 0 Å². The van der Waals surface area contributed by atoms with Gasteiger partial charge in [0.1, 0.15) is 0 Å². The molecule has 0 aromatic heterocycles. The van der Waals surface area contributed by atoms with Gasteiger partial charge in [0.25, 0.3) is 0 Å². The molecule has 2 nitrogen and oxygen atoms in total. The van der Waals surface area contributed by atoms with Crippen LogP contribution in [0.4, 0.5) is 5.69 Å². The molecule has 2 aromatic rings. The van der Waals surface area contributed by atoms with Gasteiger partial charge in [-0.15, -0.1) is 5.54 Å². The molecule has 1 amide bonds. The molecule has 0 saturated heterocycles. The zero-order chi connectivity index (χ0) is 16.7. The van der Waals surface area contributed by atoms with Crippen LogP contribution >= 0.6 is 0 Å². The van der Waals surface area contributed by atoms with Gasteiger partial charge in [0.15, 0.2) is 8.07 Å². The highest BCUT2D eigenvalue weighted by molar-refractivity contribution is 6.96. The minimum atomic E-state index is -1.83. The van der Waals surface area contributed by atoms with Crippen LogP contribution in [-0.2, 0) is 4.79 Å². The molecule has 3 heteroatoms. The van der Waals surface area contributed by atoms with Crippen LogP contribution in [0, 0.1) is 11.5 Å². The fraction of sp³-hybridized carbons (Fsp3) is 0.150. The number of allylic oxidation sites excluding steroid dienone is 1. The van der Waals surface area contributed by atoms with Crippen molar-refractivity contribution in [1.82, 2.24) is 0 Å². The van der Waals surface area contributed by atoms with Gasteiger partial charge in [0, 0.05) is 11.8 Å². The SMILES string of the molecule is C/C=C/N(C=O)c1ccccc1C#C[Si](C)(C)c1ccccc1. The fourth-order valence-electron chi connectivity index (χ4n) is 2.29. The van der Waals surface area contributed by atoms with Crippen molar-refractivity contribution in [3.8, 4) is 11.5 Å². The molecular formula is C20H21NOSi. The normalized spacial score (nSPS) is 10.9. The molecule has 0 heterocycles. The first-order valence-corrected chi connectivity index (χ1v) is 10.6. The van der Waals surface area contributed by atoms with Gasteiger partial charge in [0.05, 0.1) is 5.69 Å². The predicted molar refractivity (Wildman–Crippen MR) is 100 cm³/mol. The lowest BCUT2D eigenvalue weighted by atomic mass is 10.2. The van der Waals surface area contributed by atoms with Gasteiger partial charge in [0.2, 0.25) is 6.41 Å². The molecule has 23 heavy (non-hydrogen) atoms. The van der Waals surface area contributed by atoms with E-state index in [1.165, 1.54) is 5.19 Å². The highest BCUT2D eigenvalue weighted by Gasteiger charge is 2.20. The molecule has 0 spiro atoms. The molecule has 0 unspecified atom stereocenters. The van der Waals surface area contributed by atoms with Gasteiger partial charge >= 0.3 is 0 Å². The summed E-state index contributed by atoms with van der Waals surface area (Å²) in [6.45, 7) is 6.36. The molecule has 2 aromatic carbocycles. The van der Waals surface area contributed by atoms with Crippen LogP contribution in [0.5, 0.6) is 0 Å². The number of benzene rings is 2. The molecule has 0 bridgehead atoms. The van der Waals surface area contributed by atoms with E-state index in [1.54, 1.807) is 11.1 Å². The van der Waals surface area contributed by atoms with Gasteiger partial charge in [-0.05, 0) is 24.2 Å². The first kappa shape index (κ1) is 16.8. The smallest absolute Gasteiger partial charge is 0.218 e. The predicted octanol–water partition coefficient (Wildman–Crippen LogP) is 3.69. The molecule has 0 aliphatic heterocycles. The second-order valence-electron chi connectivity index (χ2n) is 5.75. The summed E-state index contributed by atoms with van der Waals surface area (Å²) in [6, 6.07) is 18.2. The average molecular weight is 319 g/mol. The van der Waals surface area contributed by atoms with Crippen molar-refractivity contribution < 1.29 is 4.79 Å². The number of para-hydroxylation sites is 1. The number of nitrogens with zero attached hydrogens (tertiary/aromatic N) is 1. The van der Waals surface area contributed by atoms with E-state index < -0.39 is 8.07 Å². The van der Waals surface area contributed by atoms with Gasteiger partial charge in [-0.3, -0.25) is 9.69 Å². The lowest BCUT2D eigenvalue weighted by Gasteiger charge is -2.16. The molecule has 0 N–H and O–H groups in total. The standard InChI is InChI=1S/C20H21NOSi/c1-4-15-21(17-22)20-13-9-8-10-18(20)14-16-23(2,3)19-11-6-5-7-12-19/h4-13,15,17H,1-3H3/b15-4+. The van der Waals surface area contributed by atoms with Gasteiger partial charge in [-0.1, -0.05) is 67.6 Å². The third kappa shape index (κ3) is 4.21. The first-order valence-electron chi connectivity index (χ1n) is 7.62. The zero-order valence-electron chi connectivity index (χ0n) is 13.8. The van der Waals surface area contributed by atoms with Gasteiger partial charge in [-0.25, -0.2) is 0 Å². The van der Waals surface area contributed by atoms with E-state index >= 15 is 0 Å². The number of carbonyl (C=O) groups excluding carboxylic acids is 1. The summed E-state index contributed by atoms with van der Waals surface area (Å²) >= 11 is 0. The van der Waals surface area contributed by atoms with Gasteiger partial charge in [-0.2, -0.15) is 0 Å². The first-order chi connectivity index (χ1) is 11.1. The van der Waals surface area contributed by atoms with Crippen molar-refractivity contribution in [2.75, 3.05) is 4.90 Å². The molecule has 2 rings (SSSR count). The minimum absolute atomic E-state index is 0.806. The van der Waals surface area contributed by atoms with E-state index in [-0.39, 0.29) is 0 Å². The van der Waals surface area contributed by atoms with Crippen molar-refractivity contribution >= 4 is 25.4 Å². The monoisotopic (exact) mass is 319 g/mol. The Bertz CT molecular complexity index is 754. The maximum absolute atomic E-state index is 11.3. The summed E-state index contributed by atoms with van der Waals surface area (Å²) < 4.78 is 0. The minimum Gasteiger partial charge on any atom is -0.290 e. The summed E-state index contributed by atoms with van der Waals surface area (Å²) in [7, 11) is -1.83. The molecule has 0 aliphatic carbocycles. The zero-order valence-corrected chi connectivity index (χ0v) is 14.8. The molecule has 0 atom stereocenters. The Hall–Kier alpha value is -2.57. The van der Waals surface area contributed by atoms with E-state index in [4.69, 9.17) is 0 Å². The molecule has 0 saturated carbocycles. The third-order valence-corrected chi connectivity index (χ3v) is 6.14. The van der Waals surface area contributed by atoms with Crippen molar-refractivity contribution in [2.24, 2.45) is 0 Å². The van der Waals surface area contributed by atoms with Crippen LogP contribution in [0.2, 0.25) is 13.1 Å². The summed E-state index contributed by atoms with van der Waals surface area (Å²) in [6.07, 6.45) is 4.38. The Balaban J connectivity index is 2.40. The Morgan fingerprint density at radius 2 is 1.65 bits per heavy atom. The van der Waals surface area contributed by atoms with Crippen molar-refractivity contribution in [3.63, 3.8) is 0 Å². The van der Waals surface area contributed by atoms with Gasteiger partial charge < -0.3 is 0 Å². The second-order valence-corrected chi connectivity index (χ2v) is 9.83. The number of hydrogen-bond donors (Lipinski definition) is 0. The van der Waals surface area contributed by atoms with E-state index in [2.05, 4.69) is 48.8 Å². The molecule has 0 aliphatic rings. The summed E-state index contributed by atoms with van der Waals surface area (Å²) in [5, 5.41) is 1.31. The Kier molecular flexibility index (Phi) is 5.56. The lowest BCUT2D eigenvalue weighted by molar-refractivity contribution is -0.106. The van der Waals surface area contributed by atoms with Crippen LogP contribution in [-0.4, -0.2) is 14.5 Å². The maximum Gasteiger partial charge on any atom is 0.218 e. The van der Waals surface area contributed by atoms with Crippen LogP contribution in [0.1, 0.15) is 12.5 Å². The Labute approximate surface area is 139 Å². The summed E-state index contributed by atoms with van der Waals surface area (Å²) in [5.41, 5.74) is 5.16. The second kappa shape index (κ2) is 7.62. The summed E-state index contributed by atoms with van der Waals surface area (Å²) in [5.74, 6) is 3.30. The van der Waals surface area contributed by atoms with Crippen molar-refractivity contribution in [2.45, 2.75) is 20.0 Å². The van der Waals surface area contributed by atoms with E-state index in [9.17, 15) is 4.79 Å². The number of hydrogen-bond acceptors (Lipinski definition) is 1. The van der Waals surface area contributed by atoms with Crippen LogP contribution in [0.3, 0.4) is 0 Å².